The fraction of sp³-hybridized carbons (Fsp3) is 0.676. The summed E-state index contributed by atoms with van der Waals surface area (Å²) in [6.45, 7) is 11.6. The van der Waals surface area contributed by atoms with Gasteiger partial charge in [-0.3, -0.25) is 4.79 Å². The van der Waals surface area contributed by atoms with Crippen molar-refractivity contribution in [1.82, 2.24) is 0 Å². The van der Waals surface area contributed by atoms with E-state index in [1.807, 2.05) is 24.3 Å². The van der Waals surface area contributed by atoms with Gasteiger partial charge < -0.3 is 19.0 Å². The Morgan fingerprint density at radius 1 is 1.02 bits per heavy atom. The fourth-order valence-electron chi connectivity index (χ4n) is 9.67. The van der Waals surface area contributed by atoms with E-state index in [0.717, 1.165) is 36.2 Å². The minimum Gasteiger partial charge on any atom is -0.463 e. The maximum atomic E-state index is 11.3. The molecule has 1 aromatic rings. The predicted molar refractivity (Wildman–Crippen MR) is 168 cm³/mol. The first kappa shape index (κ1) is 30.6. The van der Waals surface area contributed by atoms with E-state index in [4.69, 9.17) is 19.0 Å². The number of carbonyl (C=O) groups excluding carboxylic acids is 1. The Labute approximate surface area is 258 Å². The Bertz CT molecular complexity index is 1240. The number of hydrogen-bond donors (Lipinski definition) is 0. The Morgan fingerprint density at radius 2 is 1.84 bits per heavy atom. The molecule has 0 N–H and O–H groups in total. The van der Waals surface area contributed by atoms with Gasteiger partial charge in [0.05, 0.1) is 11.8 Å². The minimum atomic E-state index is -0.379. The SMILES string of the molecule is CC(=O)OC[C@H]1OC(O[C@H]2CC[C@@]3(C)C(=CCC4C3CC[C@@]3(C)C4CC[C@@H]3/C(C)=N/OCc3ccccc3)C2)C=C[C@@H]1C. The Balaban J connectivity index is 1.08. The van der Waals surface area contributed by atoms with Crippen molar-refractivity contribution < 1.29 is 23.8 Å². The first-order valence-electron chi connectivity index (χ1n) is 16.7. The van der Waals surface area contributed by atoms with Crippen LogP contribution in [0.1, 0.15) is 91.5 Å². The number of esters is 1. The van der Waals surface area contributed by atoms with Crippen molar-refractivity contribution in [2.75, 3.05) is 6.61 Å². The Kier molecular flexibility index (Phi) is 8.90. The summed E-state index contributed by atoms with van der Waals surface area (Å²) >= 11 is 0. The molecule has 6 rings (SSSR count). The van der Waals surface area contributed by atoms with Crippen molar-refractivity contribution in [2.24, 2.45) is 45.6 Å². The van der Waals surface area contributed by atoms with Crippen LogP contribution in [0.15, 0.2) is 59.3 Å². The molecule has 1 aromatic carbocycles. The minimum absolute atomic E-state index is 0.160. The summed E-state index contributed by atoms with van der Waals surface area (Å²) in [6, 6.07) is 10.3. The standard InChI is InChI=1S/C37H51NO5/c1-24-11-16-35(43-34(24)23-40-26(3)39)42-29-17-19-36(4)28(21-29)12-13-30-32-15-14-31(37(32,5)20-18-33(30)36)25(2)38-41-22-27-9-7-6-8-10-27/h6-12,16,24,29-35H,13-15,17-23H2,1-5H3/b38-25+/t24-,29-,30?,31+,32?,33?,34+,35?,36-,37+/m0/s1. The van der Waals surface area contributed by atoms with Crippen LogP contribution in [-0.4, -0.2) is 36.8 Å². The molecule has 4 unspecified atom stereocenters. The molecule has 0 spiro atoms. The summed E-state index contributed by atoms with van der Waals surface area (Å²) in [5.74, 6) is 2.67. The van der Waals surface area contributed by atoms with Crippen molar-refractivity contribution in [1.29, 1.82) is 0 Å². The topological polar surface area (TPSA) is 66.4 Å². The summed E-state index contributed by atoms with van der Waals surface area (Å²) < 4.78 is 18.0. The van der Waals surface area contributed by atoms with E-state index < -0.39 is 0 Å². The van der Waals surface area contributed by atoms with Crippen LogP contribution in [0, 0.1) is 40.4 Å². The van der Waals surface area contributed by atoms with Gasteiger partial charge in [0.15, 0.2) is 6.29 Å². The maximum absolute atomic E-state index is 11.3. The van der Waals surface area contributed by atoms with Crippen molar-refractivity contribution in [3.05, 3.63) is 59.7 Å². The molecule has 3 saturated carbocycles. The Morgan fingerprint density at radius 3 is 2.63 bits per heavy atom. The third-order valence-electron chi connectivity index (χ3n) is 12.1. The summed E-state index contributed by atoms with van der Waals surface area (Å²) in [5.41, 5.74) is 4.52. The largest absolute Gasteiger partial charge is 0.463 e. The Hall–Kier alpha value is -2.44. The lowest BCUT2D eigenvalue weighted by atomic mass is 9.47. The van der Waals surface area contributed by atoms with Crippen LogP contribution >= 0.6 is 0 Å². The lowest BCUT2D eigenvalue weighted by Crippen LogP contribution is -2.51. The zero-order valence-electron chi connectivity index (χ0n) is 26.8. The number of rotatable bonds is 8. The summed E-state index contributed by atoms with van der Waals surface area (Å²) in [6.07, 6.45) is 15.9. The molecule has 1 aliphatic heterocycles. The van der Waals surface area contributed by atoms with Gasteiger partial charge in [0, 0.05) is 18.8 Å². The molecule has 0 amide bonds. The molecule has 4 aliphatic carbocycles. The molecule has 6 nitrogen and oxygen atoms in total. The van der Waals surface area contributed by atoms with Gasteiger partial charge in [-0.1, -0.05) is 74.0 Å². The molecule has 5 aliphatic rings. The van der Waals surface area contributed by atoms with E-state index in [1.54, 1.807) is 5.57 Å². The van der Waals surface area contributed by atoms with E-state index >= 15 is 0 Å². The zero-order valence-corrected chi connectivity index (χ0v) is 26.8. The monoisotopic (exact) mass is 589 g/mol. The molecular formula is C37H51NO5. The average Bonchev–Trinajstić information content (AvgIpc) is 3.35. The molecule has 0 aromatic heterocycles. The maximum Gasteiger partial charge on any atom is 0.302 e. The highest BCUT2D eigenvalue weighted by molar-refractivity contribution is 5.85. The van der Waals surface area contributed by atoms with Gasteiger partial charge in [-0.05, 0) is 98.5 Å². The highest BCUT2D eigenvalue weighted by atomic mass is 16.7. The quantitative estimate of drug-likeness (QED) is 0.133. The van der Waals surface area contributed by atoms with Gasteiger partial charge in [0.25, 0.3) is 0 Å². The van der Waals surface area contributed by atoms with Gasteiger partial charge >= 0.3 is 5.97 Å². The van der Waals surface area contributed by atoms with E-state index in [2.05, 4.69) is 57.1 Å². The zero-order chi connectivity index (χ0) is 30.2. The smallest absolute Gasteiger partial charge is 0.302 e. The average molecular weight is 590 g/mol. The van der Waals surface area contributed by atoms with Crippen LogP contribution in [0.25, 0.3) is 0 Å². The van der Waals surface area contributed by atoms with Gasteiger partial charge in [0.1, 0.15) is 19.3 Å². The summed E-state index contributed by atoms with van der Waals surface area (Å²) in [5, 5.41) is 4.66. The van der Waals surface area contributed by atoms with Crippen LogP contribution in [0.5, 0.6) is 0 Å². The van der Waals surface area contributed by atoms with Gasteiger partial charge in [-0.15, -0.1) is 0 Å². The molecule has 3 fully saturated rings. The summed E-state index contributed by atoms with van der Waals surface area (Å²) in [4.78, 5) is 17.2. The molecule has 6 heteroatoms. The third kappa shape index (κ3) is 6.11. The highest BCUT2D eigenvalue weighted by Gasteiger charge is 2.59. The second-order valence-corrected chi connectivity index (χ2v) is 14.5. The number of oxime groups is 1. The van der Waals surface area contributed by atoms with Crippen LogP contribution in [0.3, 0.4) is 0 Å². The van der Waals surface area contributed by atoms with Gasteiger partial charge in [-0.25, -0.2) is 0 Å². The summed E-state index contributed by atoms with van der Waals surface area (Å²) in [7, 11) is 0. The fourth-order valence-corrected chi connectivity index (χ4v) is 9.67. The van der Waals surface area contributed by atoms with Crippen LogP contribution in [0.2, 0.25) is 0 Å². The number of allylic oxidation sites excluding steroid dienone is 1. The molecule has 234 valence electrons. The molecule has 43 heavy (non-hydrogen) atoms. The first-order chi connectivity index (χ1) is 20.7. The number of carbonyl (C=O) groups is 1. The van der Waals surface area contributed by atoms with Crippen molar-refractivity contribution in [3.8, 4) is 0 Å². The molecule has 0 radical (unpaired) electrons. The van der Waals surface area contributed by atoms with Crippen LogP contribution in [0.4, 0.5) is 0 Å². The lowest BCUT2D eigenvalue weighted by Gasteiger charge is -2.58. The van der Waals surface area contributed by atoms with Gasteiger partial charge in [-0.2, -0.15) is 0 Å². The normalized spacial score (nSPS) is 40.6. The first-order valence-corrected chi connectivity index (χ1v) is 16.7. The highest BCUT2D eigenvalue weighted by Crippen LogP contribution is 2.66. The van der Waals surface area contributed by atoms with E-state index in [9.17, 15) is 4.79 Å². The molecule has 0 saturated heterocycles. The van der Waals surface area contributed by atoms with E-state index in [0.29, 0.717) is 17.9 Å². The molecule has 10 atom stereocenters. The molecule has 0 bridgehead atoms. The van der Waals surface area contributed by atoms with E-state index in [1.165, 1.54) is 51.2 Å². The number of nitrogens with zero attached hydrogens (tertiary/aromatic N) is 1. The predicted octanol–water partition coefficient (Wildman–Crippen LogP) is 8.02. The lowest BCUT2D eigenvalue weighted by molar-refractivity contribution is -0.199. The van der Waals surface area contributed by atoms with Crippen molar-refractivity contribution in [3.63, 3.8) is 0 Å². The molecule has 1 heterocycles. The van der Waals surface area contributed by atoms with Gasteiger partial charge in [0.2, 0.25) is 0 Å². The number of ether oxygens (including phenoxy) is 3. The van der Waals surface area contributed by atoms with E-state index in [-0.39, 0.29) is 42.4 Å². The molecular weight excluding hydrogens is 538 g/mol. The van der Waals surface area contributed by atoms with Crippen molar-refractivity contribution in [2.45, 2.75) is 111 Å². The second kappa shape index (κ2) is 12.5. The number of hydrogen-bond acceptors (Lipinski definition) is 6. The second-order valence-electron chi connectivity index (χ2n) is 14.5. The number of fused-ring (bicyclic) bond motifs is 5. The van der Waals surface area contributed by atoms with Crippen LogP contribution in [-0.2, 0) is 30.4 Å². The van der Waals surface area contributed by atoms with Crippen LogP contribution < -0.4 is 0 Å². The van der Waals surface area contributed by atoms with Crippen molar-refractivity contribution >= 4 is 11.7 Å². The third-order valence-corrected chi connectivity index (χ3v) is 12.1. The number of benzene rings is 1.